The maximum absolute atomic E-state index is 12.8. The van der Waals surface area contributed by atoms with Gasteiger partial charge in [0.2, 0.25) is 10.0 Å². The van der Waals surface area contributed by atoms with Crippen LogP contribution in [0.5, 0.6) is 0 Å². The van der Waals surface area contributed by atoms with Crippen molar-refractivity contribution in [2.45, 2.75) is 71.2 Å². The molecule has 0 spiro atoms. The van der Waals surface area contributed by atoms with Crippen molar-refractivity contribution < 1.29 is 13.2 Å². The van der Waals surface area contributed by atoms with E-state index in [1.54, 1.807) is 0 Å². The second-order valence-electron chi connectivity index (χ2n) is 12.6. The van der Waals surface area contributed by atoms with Gasteiger partial charge in [0.15, 0.2) is 0 Å². The van der Waals surface area contributed by atoms with Crippen LogP contribution < -0.4 is 10.0 Å². The summed E-state index contributed by atoms with van der Waals surface area (Å²) >= 11 is 0. The first-order valence-corrected chi connectivity index (χ1v) is 17.5. The summed E-state index contributed by atoms with van der Waals surface area (Å²) in [6, 6.07) is 33.3. The molecular formula is C38H46N4O3S. The van der Waals surface area contributed by atoms with Crippen molar-refractivity contribution in [3.05, 3.63) is 131 Å². The van der Waals surface area contributed by atoms with Crippen LogP contribution in [0.1, 0.15) is 68.4 Å². The number of nitrogens with one attached hydrogen (secondary N) is 3. The number of carbonyl (C=O) groups is 1. The number of aryl methyl sites for hydroxylation is 1. The molecule has 7 nitrogen and oxygen atoms in total. The van der Waals surface area contributed by atoms with Crippen molar-refractivity contribution in [1.82, 2.24) is 14.9 Å². The zero-order valence-electron chi connectivity index (χ0n) is 27.3. The van der Waals surface area contributed by atoms with E-state index in [0.29, 0.717) is 25.3 Å². The second kappa shape index (κ2) is 15.8. The molecule has 46 heavy (non-hydrogen) atoms. The Hall–Kier alpha value is -4.27. The zero-order valence-corrected chi connectivity index (χ0v) is 28.2. The predicted molar refractivity (Wildman–Crippen MR) is 188 cm³/mol. The molecule has 4 aromatic rings. The summed E-state index contributed by atoms with van der Waals surface area (Å²) in [6.07, 6.45) is 2.03. The highest BCUT2D eigenvalue weighted by Crippen LogP contribution is 2.24. The Bertz CT molecular complexity index is 1700. The first-order chi connectivity index (χ1) is 21.9. The summed E-state index contributed by atoms with van der Waals surface area (Å²) < 4.78 is 28.1. The third-order valence-electron chi connectivity index (χ3n) is 7.94. The van der Waals surface area contributed by atoms with Gasteiger partial charge in [-0.3, -0.25) is 10.3 Å². The molecule has 3 N–H and O–H groups in total. The fourth-order valence-electron chi connectivity index (χ4n) is 5.21. The van der Waals surface area contributed by atoms with Crippen LogP contribution in [0, 0.1) is 5.41 Å². The first-order valence-electron chi connectivity index (χ1n) is 15.9. The van der Waals surface area contributed by atoms with Gasteiger partial charge in [0, 0.05) is 26.1 Å². The number of sulfonamides is 1. The van der Waals surface area contributed by atoms with E-state index in [1.807, 2.05) is 85.8 Å². The van der Waals surface area contributed by atoms with E-state index in [-0.39, 0.29) is 23.7 Å². The molecule has 0 fully saturated rings. The van der Waals surface area contributed by atoms with Crippen LogP contribution in [0.15, 0.2) is 103 Å². The van der Waals surface area contributed by atoms with Crippen LogP contribution in [0.25, 0.3) is 11.1 Å². The average Bonchev–Trinajstić information content (AvgIpc) is 3.04. The average molecular weight is 639 g/mol. The van der Waals surface area contributed by atoms with Crippen molar-refractivity contribution >= 4 is 21.9 Å². The second-order valence-corrected chi connectivity index (χ2v) is 14.4. The smallest absolute Gasteiger partial charge is 0.323 e. The van der Waals surface area contributed by atoms with Gasteiger partial charge in [-0.05, 0) is 64.1 Å². The number of urea groups is 1. The maximum Gasteiger partial charge on any atom is 0.323 e. The lowest BCUT2D eigenvalue weighted by Gasteiger charge is -2.22. The standard InChI is InChI=1S/C38H46N4O3S/c1-5-42(37(43)40-26-31-19-23-35(24-20-31)38(2,3)4)36(39)16-10-13-29-17-21-33(22-18-29)34-15-9-14-32(25-34)28-46(44,45)41-27-30-11-7-6-8-12-30/h6-9,11-12,14-15,17-25,39,41H,5,10,13,16,26-28H2,1-4H3,(H,40,43). The lowest BCUT2D eigenvalue weighted by Crippen LogP contribution is -2.43. The molecule has 0 aliphatic heterocycles. The van der Waals surface area contributed by atoms with E-state index in [4.69, 9.17) is 5.41 Å². The van der Waals surface area contributed by atoms with Gasteiger partial charge >= 0.3 is 6.03 Å². The molecule has 4 aromatic carbocycles. The van der Waals surface area contributed by atoms with E-state index >= 15 is 0 Å². The van der Waals surface area contributed by atoms with Crippen molar-refractivity contribution in [3.8, 4) is 11.1 Å². The zero-order chi connectivity index (χ0) is 33.2. The van der Waals surface area contributed by atoms with Gasteiger partial charge in [0.25, 0.3) is 0 Å². The molecule has 0 radical (unpaired) electrons. The number of hydrogen-bond donors (Lipinski definition) is 3. The fourth-order valence-corrected chi connectivity index (χ4v) is 6.32. The van der Waals surface area contributed by atoms with Crippen molar-refractivity contribution in [2.75, 3.05) is 6.54 Å². The summed E-state index contributed by atoms with van der Waals surface area (Å²) in [5.41, 5.74) is 7.11. The van der Waals surface area contributed by atoms with E-state index in [2.05, 4.69) is 55.1 Å². The summed E-state index contributed by atoms with van der Waals surface area (Å²) in [5.74, 6) is 0.222. The number of amidine groups is 1. The van der Waals surface area contributed by atoms with Crippen molar-refractivity contribution in [1.29, 1.82) is 5.41 Å². The Labute approximate surface area is 274 Å². The highest BCUT2D eigenvalue weighted by atomic mass is 32.2. The lowest BCUT2D eigenvalue weighted by molar-refractivity contribution is 0.221. The van der Waals surface area contributed by atoms with Gasteiger partial charge < -0.3 is 5.32 Å². The molecule has 0 heterocycles. The molecule has 0 aromatic heterocycles. The Morgan fingerprint density at radius 3 is 2.04 bits per heavy atom. The van der Waals surface area contributed by atoms with Gasteiger partial charge in [0.05, 0.1) is 5.75 Å². The molecule has 0 bridgehead atoms. The highest BCUT2D eigenvalue weighted by Gasteiger charge is 2.17. The number of amides is 2. The van der Waals surface area contributed by atoms with Crippen LogP contribution in [-0.2, 0) is 40.7 Å². The SMILES string of the molecule is CCN(C(=N)CCCc1ccc(-c2cccc(CS(=O)(=O)NCc3ccccc3)c2)cc1)C(=O)NCc1ccc(C(C)(C)C)cc1. The van der Waals surface area contributed by atoms with Crippen LogP contribution in [0.4, 0.5) is 4.79 Å². The van der Waals surface area contributed by atoms with Crippen LogP contribution >= 0.6 is 0 Å². The summed E-state index contributed by atoms with van der Waals surface area (Å²) in [5, 5.41) is 11.5. The predicted octanol–water partition coefficient (Wildman–Crippen LogP) is 7.80. The lowest BCUT2D eigenvalue weighted by atomic mass is 9.87. The van der Waals surface area contributed by atoms with Gasteiger partial charge in [-0.1, -0.05) is 124 Å². The van der Waals surface area contributed by atoms with Gasteiger partial charge in [0.1, 0.15) is 5.84 Å². The number of carbonyl (C=O) groups excluding carboxylic acids is 1. The van der Waals surface area contributed by atoms with Gasteiger partial charge in [-0.2, -0.15) is 0 Å². The minimum absolute atomic E-state index is 0.0814. The monoisotopic (exact) mass is 638 g/mol. The number of hydrogen-bond acceptors (Lipinski definition) is 4. The highest BCUT2D eigenvalue weighted by molar-refractivity contribution is 7.88. The summed E-state index contributed by atoms with van der Waals surface area (Å²) in [4.78, 5) is 14.3. The minimum Gasteiger partial charge on any atom is -0.334 e. The molecular weight excluding hydrogens is 593 g/mol. The van der Waals surface area contributed by atoms with Crippen LogP contribution in [0.2, 0.25) is 0 Å². The molecule has 0 saturated carbocycles. The Kier molecular flexibility index (Phi) is 11.9. The Morgan fingerprint density at radius 2 is 1.39 bits per heavy atom. The van der Waals surface area contributed by atoms with E-state index in [9.17, 15) is 13.2 Å². The van der Waals surface area contributed by atoms with Gasteiger partial charge in [-0.15, -0.1) is 0 Å². The molecule has 4 rings (SSSR count). The topological polar surface area (TPSA) is 102 Å². The maximum atomic E-state index is 12.8. The molecule has 0 aliphatic carbocycles. The fraction of sp³-hybridized carbons (Fsp3) is 0.316. The number of benzene rings is 4. The Balaban J connectivity index is 1.24. The molecule has 0 aliphatic rings. The molecule has 242 valence electrons. The van der Waals surface area contributed by atoms with Gasteiger partial charge in [-0.25, -0.2) is 17.9 Å². The van der Waals surface area contributed by atoms with Crippen molar-refractivity contribution in [3.63, 3.8) is 0 Å². The van der Waals surface area contributed by atoms with E-state index in [0.717, 1.165) is 46.2 Å². The normalized spacial score (nSPS) is 11.7. The Morgan fingerprint density at radius 1 is 0.761 bits per heavy atom. The third-order valence-corrected chi connectivity index (χ3v) is 9.24. The quantitative estimate of drug-likeness (QED) is 0.103. The van der Waals surface area contributed by atoms with E-state index in [1.165, 1.54) is 10.5 Å². The molecule has 0 unspecified atom stereocenters. The molecule has 0 saturated heterocycles. The first kappa shape index (κ1) is 34.6. The van der Waals surface area contributed by atoms with E-state index < -0.39 is 10.0 Å². The summed E-state index contributed by atoms with van der Waals surface area (Å²) in [7, 11) is -3.49. The summed E-state index contributed by atoms with van der Waals surface area (Å²) in [6.45, 7) is 9.53. The largest absolute Gasteiger partial charge is 0.334 e. The third kappa shape index (κ3) is 10.4. The minimum atomic E-state index is -3.49. The van der Waals surface area contributed by atoms with Crippen molar-refractivity contribution in [2.24, 2.45) is 0 Å². The van der Waals surface area contributed by atoms with Crippen LogP contribution in [-0.4, -0.2) is 31.7 Å². The molecule has 2 amide bonds. The van der Waals surface area contributed by atoms with Crippen LogP contribution in [0.3, 0.4) is 0 Å². The number of nitrogens with zero attached hydrogens (tertiary/aromatic N) is 1. The number of rotatable bonds is 13. The molecule has 0 atom stereocenters. The molecule has 8 heteroatoms.